The molecule has 0 aliphatic heterocycles. The molecule has 0 saturated carbocycles. The Hall–Kier alpha value is -1.82. The highest BCUT2D eigenvalue weighted by Crippen LogP contribution is 2.18. The fourth-order valence-electron chi connectivity index (χ4n) is 1.79. The first-order valence-corrected chi connectivity index (χ1v) is 5.68. The second kappa shape index (κ2) is 5.49. The standard InChI is InChI=1S/C11H16N6/c1-3-6-17-10(7-15-16-17)11(12-2)9-4-5-13-8-14-9/h4-5,7-8,11-12H,3,6H2,1-2H3. The Kier molecular flexibility index (Phi) is 3.77. The van der Waals surface area contributed by atoms with Crippen molar-refractivity contribution in [2.24, 2.45) is 0 Å². The van der Waals surface area contributed by atoms with Gasteiger partial charge in [-0.15, -0.1) is 5.10 Å². The molecule has 0 bridgehead atoms. The molecule has 0 aliphatic carbocycles. The molecule has 0 radical (unpaired) electrons. The zero-order valence-corrected chi connectivity index (χ0v) is 10.0. The van der Waals surface area contributed by atoms with Gasteiger partial charge in [-0.2, -0.15) is 0 Å². The minimum atomic E-state index is -0.000417. The molecule has 17 heavy (non-hydrogen) atoms. The van der Waals surface area contributed by atoms with E-state index in [-0.39, 0.29) is 6.04 Å². The van der Waals surface area contributed by atoms with Crippen LogP contribution in [0.4, 0.5) is 0 Å². The molecule has 6 heteroatoms. The van der Waals surface area contributed by atoms with Crippen LogP contribution in [0.3, 0.4) is 0 Å². The molecule has 2 aromatic rings. The average molecular weight is 232 g/mol. The zero-order chi connectivity index (χ0) is 12.1. The average Bonchev–Trinajstić information content (AvgIpc) is 2.81. The molecule has 2 aromatic heterocycles. The molecular weight excluding hydrogens is 216 g/mol. The van der Waals surface area contributed by atoms with Crippen LogP contribution in [0.2, 0.25) is 0 Å². The van der Waals surface area contributed by atoms with Crippen molar-refractivity contribution in [3.05, 3.63) is 36.2 Å². The Morgan fingerprint density at radius 1 is 1.47 bits per heavy atom. The van der Waals surface area contributed by atoms with E-state index in [1.165, 1.54) is 0 Å². The monoisotopic (exact) mass is 232 g/mol. The lowest BCUT2D eigenvalue weighted by atomic mass is 10.1. The Labute approximate surface area is 100 Å². The zero-order valence-electron chi connectivity index (χ0n) is 10.0. The maximum absolute atomic E-state index is 4.26. The lowest BCUT2D eigenvalue weighted by Crippen LogP contribution is -2.22. The third-order valence-corrected chi connectivity index (χ3v) is 2.57. The summed E-state index contributed by atoms with van der Waals surface area (Å²) in [5.74, 6) is 0. The van der Waals surface area contributed by atoms with Crippen molar-refractivity contribution in [3.8, 4) is 0 Å². The Bertz CT molecular complexity index is 452. The third kappa shape index (κ3) is 2.47. The van der Waals surface area contributed by atoms with E-state index in [2.05, 4.69) is 32.5 Å². The van der Waals surface area contributed by atoms with Gasteiger partial charge in [0.05, 0.1) is 23.6 Å². The molecule has 0 fully saturated rings. The predicted molar refractivity (Wildman–Crippen MR) is 63.2 cm³/mol. The predicted octanol–water partition coefficient (Wildman–Crippen LogP) is 0.787. The van der Waals surface area contributed by atoms with Gasteiger partial charge in [0, 0.05) is 12.7 Å². The molecule has 1 unspecified atom stereocenters. The Morgan fingerprint density at radius 2 is 2.35 bits per heavy atom. The van der Waals surface area contributed by atoms with Gasteiger partial charge in [-0.25, -0.2) is 14.6 Å². The maximum atomic E-state index is 4.26. The fourth-order valence-corrected chi connectivity index (χ4v) is 1.79. The summed E-state index contributed by atoms with van der Waals surface area (Å²) in [6, 6.07) is 1.89. The highest BCUT2D eigenvalue weighted by molar-refractivity contribution is 5.18. The van der Waals surface area contributed by atoms with Crippen molar-refractivity contribution in [1.29, 1.82) is 0 Å². The lowest BCUT2D eigenvalue weighted by Gasteiger charge is -2.16. The molecule has 6 nitrogen and oxygen atoms in total. The summed E-state index contributed by atoms with van der Waals surface area (Å²) >= 11 is 0. The quantitative estimate of drug-likeness (QED) is 0.825. The van der Waals surface area contributed by atoms with Crippen molar-refractivity contribution >= 4 is 0 Å². The first-order chi connectivity index (χ1) is 8.36. The Morgan fingerprint density at radius 3 is 3.00 bits per heavy atom. The van der Waals surface area contributed by atoms with Gasteiger partial charge in [0.15, 0.2) is 0 Å². The van der Waals surface area contributed by atoms with Crippen LogP contribution in [0.15, 0.2) is 24.8 Å². The van der Waals surface area contributed by atoms with Crippen LogP contribution in [0, 0.1) is 0 Å². The summed E-state index contributed by atoms with van der Waals surface area (Å²) in [4.78, 5) is 8.19. The first kappa shape index (κ1) is 11.7. The molecule has 1 N–H and O–H groups in total. The number of nitrogens with zero attached hydrogens (tertiary/aromatic N) is 5. The summed E-state index contributed by atoms with van der Waals surface area (Å²) in [6.07, 6.45) is 6.09. The molecular formula is C11H16N6. The number of nitrogens with one attached hydrogen (secondary N) is 1. The van der Waals surface area contributed by atoms with Crippen molar-refractivity contribution < 1.29 is 0 Å². The van der Waals surface area contributed by atoms with Gasteiger partial charge in [-0.05, 0) is 19.5 Å². The molecule has 1 atom stereocenters. The highest BCUT2D eigenvalue weighted by atomic mass is 15.4. The number of aryl methyl sites for hydroxylation is 1. The lowest BCUT2D eigenvalue weighted by molar-refractivity contribution is 0.518. The Balaban J connectivity index is 2.32. The largest absolute Gasteiger partial charge is 0.307 e. The van der Waals surface area contributed by atoms with Gasteiger partial charge >= 0.3 is 0 Å². The van der Waals surface area contributed by atoms with Crippen LogP contribution >= 0.6 is 0 Å². The van der Waals surface area contributed by atoms with Crippen LogP contribution in [-0.4, -0.2) is 32.0 Å². The van der Waals surface area contributed by atoms with Crippen LogP contribution < -0.4 is 5.32 Å². The molecule has 0 aliphatic rings. The fraction of sp³-hybridized carbons (Fsp3) is 0.455. The van der Waals surface area contributed by atoms with Crippen molar-refractivity contribution in [2.45, 2.75) is 25.9 Å². The summed E-state index contributed by atoms with van der Waals surface area (Å²) in [6.45, 7) is 2.98. The van der Waals surface area contributed by atoms with E-state index < -0.39 is 0 Å². The van der Waals surface area contributed by atoms with E-state index in [0.717, 1.165) is 24.4 Å². The summed E-state index contributed by atoms with van der Waals surface area (Å²) in [7, 11) is 1.90. The summed E-state index contributed by atoms with van der Waals surface area (Å²) < 4.78 is 1.91. The van der Waals surface area contributed by atoms with Crippen LogP contribution in [0.25, 0.3) is 0 Å². The second-order valence-electron chi connectivity index (χ2n) is 3.74. The smallest absolute Gasteiger partial charge is 0.115 e. The van der Waals surface area contributed by atoms with Crippen molar-refractivity contribution in [1.82, 2.24) is 30.3 Å². The highest BCUT2D eigenvalue weighted by Gasteiger charge is 2.18. The molecule has 0 amide bonds. The van der Waals surface area contributed by atoms with Gasteiger partial charge < -0.3 is 5.32 Å². The molecule has 2 rings (SSSR count). The van der Waals surface area contributed by atoms with Gasteiger partial charge in [-0.1, -0.05) is 12.1 Å². The van der Waals surface area contributed by atoms with E-state index >= 15 is 0 Å². The normalized spacial score (nSPS) is 12.6. The van der Waals surface area contributed by atoms with E-state index in [0.29, 0.717) is 0 Å². The van der Waals surface area contributed by atoms with Gasteiger partial charge in [0.25, 0.3) is 0 Å². The maximum Gasteiger partial charge on any atom is 0.115 e. The number of hydrogen-bond donors (Lipinski definition) is 1. The SMILES string of the molecule is CCCn1nncc1C(NC)c1ccncn1. The molecule has 90 valence electrons. The molecule has 2 heterocycles. The van der Waals surface area contributed by atoms with E-state index in [4.69, 9.17) is 0 Å². The van der Waals surface area contributed by atoms with Gasteiger partial charge in [0.1, 0.15) is 6.33 Å². The minimum absolute atomic E-state index is 0.000417. The third-order valence-electron chi connectivity index (χ3n) is 2.57. The number of rotatable bonds is 5. The van der Waals surface area contributed by atoms with E-state index in [1.54, 1.807) is 18.7 Å². The van der Waals surface area contributed by atoms with Crippen LogP contribution in [0.5, 0.6) is 0 Å². The van der Waals surface area contributed by atoms with Crippen molar-refractivity contribution in [3.63, 3.8) is 0 Å². The minimum Gasteiger partial charge on any atom is -0.307 e. The molecule has 0 aromatic carbocycles. The van der Waals surface area contributed by atoms with Crippen LogP contribution in [0.1, 0.15) is 30.8 Å². The van der Waals surface area contributed by atoms with Crippen LogP contribution in [-0.2, 0) is 6.54 Å². The van der Waals surface area contributed by atoms with Gasteiger partial charge in [-0.3, -0.25) is 0 Å². The number of aromatic nitrogens is 5. The summed E-state index contributed by atoms with van der Waals surface area (Å²) in [5.41, 5.74) is 1.94. The number of hydrogen-bond acceptors (Lipinski definition) is 5. The van der Waals surface area contributed by atoms with Crippen molar-refractivity contribution in [2.75, 3.05) is 7.05 Å². The molecule has 0 saturated heterocycles. The second-order valence-corrected chi connectivity index (χ2v) is 3.74. The van der Waals surface area contributed by atoms with E-state index in [1.807, 2.05) is 17.8 Å². The molecule has 0 spiro atoms. The topological polar surface area (TPSA) is 68.5 Å². The van der Waals surface area contributed by atoms with E-state index in [9.17, 15) is 0 Å². The summed E-state index contributed by atoms with van der Waals surface area (Å²) in [5, 5.41) is 11.3. The van der Waals surface area contributed by atoms with Gasteiger partial charge in [0.2, 0.25) is 0 Å². The first-order valence-electron chi connectivity index (χ1n) is 5.68.